The van der Waals surface area contributed by atoms with Crippen LogP contribution in [0.15, 0.2) is 60.8 Å². The summed E-state index contributed by atoms with van der Waals surface area (Å²) in [6, 6.07) is 17.7. The van der Waals surface area contributed by atoms with Gasteiger partial charge in [-0.3, -0.25) is 0 Å². The molecule has 0 aliphatic rings. The van der Waals surface area contributed by atoms with Gasteiger partial charge in [-0.2, -0.15) is 0 Å². The number of benzene rings is 2. The Bertz CT molecular complexity index is 692. The molecule has 0 aliphatic carbocycles. The lowest BCUT2D eigenvalue weighted by Gasteiger charge is -2.07. The van der Waals surface area contributed by atoms with Crippen molar-refractivity contribution < 1.29 is 10.0 Å². The van der Waals surface area contributed by atoms with Crippen LogP contribution in [0.25, 0.3) is 10.9 Å². The second-order valence-electron chi connectivity index (χ2n) is 4.62. The molecule has 0 radical (unpaired) electrons. The van der Waals surface area contributed by atoms with Gasteiger partial charge in [0.1, 0.15) is 0 Å². The van der Waals surface area contributed by atoms with Gasteiger partial charge in [0, 0.05) is 18.3 Å². The van der Waals surface area contributed by atoms with Crippen molar-refractivity contribution in [1.29, 1.82) is 0 Å². The average Bonchev–Trinajstić information content (AvgIpc) is 2.82. The van der Waals surface area contributed by atoms with Crippen LogP contribution in [0.4, 0.5) is 0 Å². The van der Waals surface area contributed by atoms with Crippen LogP contribution in [0.5, 0.6) is 0 Å². The Hall–Kier alpha value is -2.04. The van der Waals surface area contributed by atoms with E-state index < -0.39 is 7.12 Å². The number of fused-ring (bicyclic) bond motifs is 1. The van der Waals surface area contributed by atoms with E-state index in [9.17, 15) is 10.0 Å². The summed E-state index contributed by atoms with van der Waals surface area (Å²) < 4.78 is 2.11. The van der Waals surface area contributed by atoms with E-state index in [0.29, 0.717) is 5.46 Å². The predicted molar refractivity (Wildman–Crippen MR) is 77.3 cm³/mol. The van der Waals surface area contributed by atoms with Gasteiger partial charge in [0.05, 0.1) is 0 Å². The highest BCUT2D eigenvalue weighted by molar-refractivity contribution is 6.58. The fourth-order valence-corrected chi connectivity index (χ4v) is 2.28. The van der Waals surface area contributed by atoms with E-state index in [4.69, 9.17) is 0 Å². The monoisotopic (exact) mass is 251 g/mol. The first-order chi connectivity index (χ1) is 9.24. The van der Waals surface area contributed by atoms with Gasteiger partial charge < -0.3 is 14.6 Å². The lowest BCUT2D eigenvalue weighted by atomic mass is 9.80. The maximum Gasteiger partial charge on any atom is 0.488 e. The Morgan fingerprint density at radius 2 is 1.74 bits per heavy atom. The molecule has 0 fully saturated rings. The summed E-state index contributed by atoms with van der Waals surface area (Å²) in [5, 5.41) is 19.6. The fourth-order valence-electron chi connectivity index (χ4n) is 2.28. The molecule has 0 unspecified atom stereocenters. The van der Waals surface area contributed by atoms with Crippen molar-refractivity contribution in [2.24, 2.45) is 0 Å². The number of hydrogen-bond acceptors (Lipinski definition) is 2. The zero-order valence-corrected chi connectivity index (χ0v) is 10.4. The molecule has 19 heavy (non-hydrogen) atoms. The molecule has 1 heterocycles. The molecule has 3 aromatic rings. The molecule has 0 spiro atoms. The highest BCUT2D eigenvalue weighted by atomic mass is 16.4. The van der Waals surface area contributed by atoms with E-state index in [0.717, 1.165) is 17.4 Å². The average molecular weight is 251 g/mol. The Morgan fingerprint density at radius 1 is 0.947 bits per heavy atom. The number of nitrogens with zero attached hydrogens (tertiary/aromatic N) is 1. The van der Waals surface area contributed by atoms with Crippen LogP contribution < -0.4 is 5.46 Å². The van der Waals surface area contributed by atoms with Gasteiger partial charge >= 0.3 is 7.12 Å². The van der Waals surface area contributed by atoms with E-state index in [1.54, 1.807) is 6.07 Å². The third-order valence-electron chi connectivity index (χ3n) is 3.29. The zero-order chi connectivity index (χ0) is 13.2. The molecule has 1 aromatic heterocycles. The van der Waals surface area contributed by atoms with Crippen molar-refractivity contribution in [1.82, 2.24) is 4.57 Å². The Morgan fingerprint density at radius 3 is 2.47 bits per heavy atom. The summed E-state index contributed by atoms with van der Waals surface area (Å²) in [6.07, 6.45) is 2.02. The van der Waals surface area contributed by atoms with Gasteiger partial charge in [-0.1, -0.05) is 42.5 Å². The predicted octanol–water partition coefficient (Wildman–Crippen LogP) is 1.37. The summed E-state index contributed by atoms with van der Waals surface area (Å²) in [6.45, 7) is 0.773. The quantitative estimate of drug-likeness (QED) is 0.690. The summed E-state index contributed by atoms with van der Waals surface area (Å²) in [5.41, 5.74) is 2.74. The summed E-state index contributed by atoms with van der Waals surface area (Å²) in [4.78, 5) is 0. The van der Waals surface area contributed by atoms with Crippen molar-refractivity contribution >= 4 is 23.5 Å². The molecule has 0 amide bonds. The highest BCUT2D eigenvalue weighted by Gasteiger charge is 2.12. The van der Waals surface area contributed by atoms with Crippen LogP contribution >= 0.6 is 0 Å². The molecular weight excluding hydrogens is 237 g/mol. The normalized spacial score (nSPS) is 10.8. The van der Waals surface area contributed by atoms with E-state index in [1.165, 1.54) is 5.56 Å². The van der Waals surface area contributed by atoms with Gasteiger partial charge in [-0.05, 0) is 28.5 Å². The molecular formula is C15H14BNO2. The first kappa shape index (κ1) is 12.0. The molecule has 0 aliphatic heterocycles. The summed E-state index contributed by atoms with van der Waals surface area (Å²) in [7, 11) is -1.43. The maximum atomic E-state index is 9.25. The Labute approximate surface area is 111 Å². The fraction of sp³-hybridized carbons (Fsp3) is 0.0667. The van der Waals surface area contributed by atoms with Crippen LogP contribution in [-0.2, 0) is 6.54 Å². The van der Waals surface area contributed by atoms with Gasteiger partial charge in [-0.15, -0.1) is 0 Å². The van der Waals surface area contributed by atoms with Crippen molar-refractivity contribution in [3.8, 4) is 0 Å². The van der Waals surface area contributed by atoms with Crippen molar-refractivity contribution in [3.05, 3.63) is 66.4 Å². The second-order valence-corrected chi connectivity index (χ2v) is 4.62. The SMILES string of the molecule is OB(O)c1ccc2ccn(Cc3ccccc3)c2c1. The van der Waals surface area contributed by atoms with Crippen LogP contribution in [0.2, 0.25) is 0 Å². The molecule has 0 atom stereocenters. The highest BCUT2D eigenvalue weighted by Crippen LogP contribution is 2.16. The first-order valence-corrected chi connectivity index (χ1v) is 6.23. The van der Waals surface area contributed by atoms with Crippen LogP contribution in [0.1, 0.15) is 5.56 Å². The molecule has 0 saturated carbocycles. The van der Waals surface area contributed by atoms with Gasteiger partial charge in [0.2, 0.25) is 0 Å². The maximum absolute atomic E-state index is 9.25. The van der Waals surface area contributed by atoms with E-state index >= 15 is 0 Å². The minimum absolute atomic E-state index is 0.514. The smallest absolute Gasteiger partial charge is 0.423 e. The summed E-state index contributed by atoms with van der Waals surface area (Å²) in [5.74, 6) is 0. The Balaban J connectivity index is 2.02. The lowest BCUT2D eigenvalue weighted by Crippen LogP contribution is -2.29. The molecule has 0 bridgehead atoms. The van der Waals surface area contributed by atoms with Gasteiger partial charge in [0.25, 0.3) is 0 Å². The zero-order valence-electron chi connectivity index (χ0n) is 10.4. The third kappa shape index (κ3) is 2.41. The van der Waals surface area contributed by atoms with Crippen LogP contribution in [0.3, 0.4) is 0 Å². The Kier molecular flexibility index (Phi) is 3.11. The molecule has 2 N–H and O–H groups in total. The largest absolute Gasteiger partial charge is 0.488 e. The standard InChI is InChI=1S/C15H14BNO2/c18-16(19)14-7-6-13-8-9-17(15(13)10-14)11-12-4-2-1-3-5-12/h1-10,18-19H,11H2. The number of rotatable bonds is 3. The summed E-state index contributed by atoms with van der Waals surface area (Å²) >= 11 is 0. The molecule has 3 rings (SSSR count). The molecule has 4 heteroatoms. The topological polar surface area (TPSA) is 45.4 Å². The minimum atomic E-state index is -1.43. The minimum Gasteiger partial charge on any atom is -0.423 e. The lowest BCUT2D eigenvalue weighted by molar-refractivity contribution is 0.426. The van der Waals surface area contributed by atoms with Crippen molar-refractivity contribution in [2.75, 3.05) is 0 Å². The van der Waals surface area contributed by atoms with Crippen LogP contribution in [0, 0.1) is 0 Å². The van der Waals surface area contributed by atoms with Gasteiger partial charge in [-0.25, -0.2) is 0 Å². The van der Waals surface area contributed by atoms with Crippen LogP contribution in [-0.4, -0.2) is 21.7 Å². The number of hydrogen-bond donors (Lipinski definition) is 2. The molecule has 3 nitrogen and oxygen atoms in total. The van der Waals surface area contributed by atoms with E-state index in [-0.39, 0.29) is 0 Å². The van der Waals surface area contributed by atoms with E-state index in [1.807, 2.05) is 42.6 Å². The van der Waals surface area contributed by atoms with Crippen molar-refractivity contribution in [2.45, 2.75) is 6.54 Å². The van der Waals surface area contributed by atoms with E-state index in [2.05, 4.69) is 16.7 Å². The molecule has 0 saturated heterocycles. The molecule has 94 valence electrons. The van der Waals surface area contributed by atoms with Gasteiger partial charge in [0.15, 0.2) is 0 Å². The molecule has 2 aromatic carbocycles. The van der Waals surface area contributed by atoms with Crippen molar-refractivity contribution in [3.63, 3.8) is 0 Å². The third-order valence-corrected chi connectivity index (χ3v) is 3.29. The first-order valence-electron chi connectivity index (χ1n) is 6.23. The second kappa shape index (κ2) is 4.92. The number of aromatic nitrogens is 1.